The molecule has 1 atom stereocenters. The van der Waals surface area contributed by atoms with Crippen molar-refractivity contribution in [2.24, 2.45) is 0 Å². The molecule has 0 aliphatic heterocycles. The minimum atomic E-state index is -0.596. The predicted octanol–water partition coefficient (Wildman–Crippen LogP) is 4.84. The van der Waals surface area contributed by atoms with Gasteiger partial charge in [0.25, 0.3) is 0 Å². The molecule has 1 N–H and O–H groups in total. The zero-order chi connectivity index (χ0) is 14.8. The average Bonchev–Trinajstić information content (AvgIpc) is 2.47. The highest BCUT2D eigenvalue weighted by atomic mass is 79.9. The summed E-state index contributed by atoms with van der Waals surface area (Å²) in [6.07, 6.45) is 1.16. The first kappa shape index (κ1) is 14.0. The third-order valence-electron chi connectivity index (χ3n) is 3.25. The molecule has 4 heteroatoms. The van der Waals surface area contributed by atoms with Crippen LogP contribution in [0.3, 0.4) is 0 Å². The molecule has 3 aromatic rings. The molecule has 2 aromatic carbocycles. The van der Waals surface area contributed by atoms with Gasteiger partial charge in [0, 0.05) is 21.6 Å². The Morgan fingerprint density at radius 1 is 1.10 bits per heavy atom. The molecule has 3 nitrogen and oxygen atoms in total. The Morgan fingerprint density at radius 2 is 1.95 bits per heavy atom. The van der Waals surface area contributed by atoms with Gasteiger partial charge in [-0.25, -0.2) is 0 Å². The van der Waals surface area contributed by atoms with Crippen LogP contribution in [0.2, 0.25) is 0 Å². The van der Waals surface area contributed by atoms with Gasteiger partial charge in [0.1, 0.15) is 11.5 Å². The van der Waals surface area contributed by atoms with Crippen molar-refractivity contribution >= 4 is 26.8 Å². The first-order valence-electron chi connectivity index (χ1n) is 6.64. The average molecular weight is 344 g/mol. The van der Waals surface area contributed by atoms with E-state index in [1.165, 1.54) is 0 Å². The van der Waals surface area contributed by atoms with E-state index >= 15 is 0 Å². The normalized spacial score (nSPS) is 12.3. The van der Waals surface area contributed by atoms with Gasteiger partial charge in [-0.1, -0.05) is 28.1 Å². The molecule has 21 heavy (non-hydrogen) atoms. The maximum absolute atomic E-state index is 9.88. The molecule has 0 bridgehead atoms. The van der Waals surface area contributed by atoms with Gasteiger partial charge in [-0.15, -0.1) is 0 Å². The lowest BCUT2D eigenvalue weighted by molar-refractivity contribution is 0.195. The standard InChI is InChI=1S/C17H14BrNO2/c1-11(20)13-8-7-12(18)10-17(13)21-16-6-2-5-15-14(16)4-3-9-19-15/h2-11,20H,1H3. The zero-order valence-electron chi connectivity index (χ0n) is 11.5. The summed E-state index contributed by atoms with van der Waals surface area (Å²) < 4.78 is 6.94. The van der Waals surface area contributed by atoms with Crippen LogP contribution in [0.1, 0.15) is 18.6 Å². The summed E-state index contributed by atoms with van der Waals surface area (Å²) in [4.78, 5) is 4.32. The number of rotatable bonds is 3. The number of ether oxygens (including phenoxy) is 1. The summed E-state index contributed by atoms with van der Waals surface area (Å²) >= 11 is 3.43. The minimum absolute atomic E-state index is 0.596. The third kappa shape index (κ3) is 2.91. The monoisotopic (exact) mass is 343 g/mol. The van der Waals surface area contributed by atoms with Gasteiger partial charge in [0.15, 0.2) is 0 Å². The van der Waals surface area contributed by atoms with E-state index in [9.17, 15) is 5.11 Å². The van der Waals surface area contributed by atoms with Crippen LogP contribution in [-0.2, 0) is 0 Å². The molecule has 0 radical (unpaired) electrons. The van der Waals surface area contributed by atoms with Crippen LogP contribution in [-0.4, -0.2) is 10.1 Å². The number of aliphatic hydroxyl groups is 1. The van der Waals surface area contributed by atoms with Gasteiger partial charge in [-0.05, 0) is 43.3 Å². The van der Waals surface area contributed by atoms with Gasteiger partial charge < -0.3 is 9.84 Å². The van der Waals surface area contributed by atoms with E-state index in [0.717, 1.165) is 26.7 Å². The summed E-state index contributed by atoms with van der Waals surface area (Å²) in [6, 6.07) is 15.2. The largest absolute Gasteiger partial charge is 0.456 e. The Labute approximate surface area is 131 Å². The second kappa shape index (κ2) is 5.84. The maximum atomic E-state index is 9.88. The number of pyridine rings is 1. The summed E-state index contributed by atoms with van der Waals surface area (Å²) in [5.41, 5.74) is 1.63. The second-order valence-corrected chi connectivity index (χ2v) is 5.70. The van der Waals surface area contributed by atoms with Crippen LogP contribution in [0.5, 0.6) is 11.5 Å². The minimum Gasteiger partial charge on any atom is -0.456 e. The van der Waals surface area contributed by atoms with Gasteiger partial charge in [-0.2, -0.15) is 0 Å². The molecule has 0 fully saturated rings. The molecule has 1 unspecified atom stereocenters. The van der Waals surface area contributed by atoms with E-state index in [2.05, 4.69) is 20.9 Å². The summed E-state index contributed by atoms with van der Waals surface area (Å²) in [5.74, 6) is 1.36. The SMILES string of the molecule is CC(O)c1ccc(Br)cc1Oc1cccc2ncccc12. The zero-order valence-corrected chi connectivity index (χ0v) is 13.0. The molecule has 0 aliphatic carbocycles. The Kier molecular flexibility index (Phi) is 3.90. The van der Waals surface area contributed by atoms with E-state index in [-0.39, 0.29) is 0 Å². The molecule has 0 aliphatic rings. The summed E-state index contributed by atoms with van der Waals surface area (Å²) in [5, 5.41) is 10.8. The van der Waals surface area contributed by atoms with Crippen molar-refractivity contribution in [1.82, 2.24) is 4.98 Å². The smallest absolute Gasteiger partial charge is 0.136 e. The van der Waals surface area contributed by atoms with Crippen molar-refractivity contribution in [3.8, 4) is 11.5 Å². The molecule has 0 spiro atoms. The summed E-state index contributed by atoms with van der Waals surface area (Å²) in [7, 11) is 0. The maximum Gasteiger partial charge on any atom is 0.136 e. The van der Waals surface area contributed by atoms with Crippen LogP contribution >= 0.6 is 15.9 Å². The lowest BCUT2D eigenvalue weighted by Gasteiger charge is -2.14. The number of fused-ring (bicyclic) bond motifs is 1. The quantitative estimate of drug-likeness (QED) is 0.739. The predicted molar refractivity (Wildman–Crippen MR) is 86.6 cm³/mol. The lowest BCUT2D eigenvalue weighted by atomic mass is 10.1. The van der Waals surface area contributed by atoms with E-state index < -0.39 is 6.10 Å². The number of halogens is 1. The number of hydrogen-bond donors (Lipinski definition) is 1. The van der Waals surface area contributed by atoms with Crippen molar-refractivity contribution in [2.75, 3.05) is 0 Å². The van der Waals surface area contributed by atoms with Gasteiger partial charge in [0.2, 0.25) is 0 Å². The molecular weight excluding hydrogens is 330 g/mol. The Hall–Kier alpha value is -1.91. The Balaban J connectivity index is 2.09. The van der Waals surface area contributed by atoms with E-state index in [4.69, 9.17) is 4.74 Å². The molecule has 0 amide bonds. The van der Waals surface area contributed by atoms with Crippen LogP contribution in [0.15, 0.2) is 59.2 Å². The molecule has 106 valence electrons. The fourth-order valence-electron chi connectivity index (χ4n) is 2.22. The highest BCUT2D eigenvalue weighted by Gasteiger charge is 2.12. The van der Waals surface area contributed by atoms with Crippen molar-refractivity contribution in [1.29, 1.82) is 0 Å². The highest BCUT2D eigenvalue weighted by molar-refractivity contribution is 9.10. The summed E-state index contributed by atoms with van der Waals surface area (Å²) in [6.45, 7) is 1.72. The van der Waals surface area contributed by atoms with Crippen molar-refractivity contribution in [2.45, 2.75) is 13.0 Å². The fraction of sp³-hybridized carbons (Fsp3) is 0.118. The molecule has 1 aromatic heterocycles. The van der Waals surface area contributed by atoms with Crippen molar-refractivity contribution in [3.63, 3.8) is 0 Å². The number of aliphatic hydroxyl groups excluding tert-OH is 1. The fourth-order valence-corrected chi connectivity index (χ4v) is 2.56. The first-order valence-corrected chi connectivity index (χ1v) is 7.43. The Morgan fingerprint density at radius 3 is 2.76 bits per heavy atom. The number of hydrogen-bond acceptors (Lipinski definition) is 3. The molecule has 0 saturated carbocycles. The third-order valence-corrected chi connectivity index (χ3v) is 3.74. The van der Waals surface area contributed by atoms with Crippen LogP contribution < -0.4 is 4.74 Å². The van der Waals surface area contributed by atoms with E-state index in [0.29, 0.717) is 5.75 Å². The first-order chi connectivity index (χ1) is 10.1. The second-order valence-electron chi connectivity index (χ2n) is 4.79. The van der Waals surface area contributed by atoms with Crippen LogP contribution in [0.4, 0.5) is 0 Å². The molecule has 0 saturated heterocycles. The molecule has 3 rings (SSSR count). The van der Waals surface area contributed by atoms with Gasteiger partial charge in [-0.3, -0.25) is 4.98 Å². The number of nitrogens with zero attached hydrogens (tertiary/aromatic N) is 1. The van der Waals surface area contributed by atoms with Gasteiger partial charge in [0.05, 0.1) is 11.6 Å². The Bertz CT molecular complexity index is 781. The van der Waals surface area contributed by atoms with E-state index in [1.807, 2.05) is 48.5 Å². The number of aromatic nitrogens is 1. The van der Waals surface area contributed by atoms with Crippen LogP contribution in [0, 0.1) is 0 Å². The topological polar surface area (TPSA) is 42.4 Å². The molecular formula is C17H14BrNO2. The van der Waals surface area contributed by atoms with Crippen LogP contribution in [0.25, 0.3) is 10.9 Å². The van der Waals surface area contributed by atoms with E-state index in [1.54, 1.807) is 13.1 Å². The highest BCUT2D eigenvalue weighted by Crippen LogP contribution is 2.35. The van der Waals surface area contributed by atoms with Crippen molar-refractivity contribution < 1.29 is 9.84 Å². The lowest BCUT2D eigenvalue weighted by Crippen LogP contribution is -1.96. The van der Waals surface area contributed by atoms with Gasteiger partial charge >= 0.3 is 0 Å². The molecule has 1 heterocycles. The number of benzene rings is 2. The van der Waals surface area contributed by atoms with Crippen molar-refractivity contribution in [3.05, 3.63) is 64.8 Å².